The highest BCUT2D eigenvalue weighted by Crippen LogP contribution is 2.30. The Labute approximate surface area is 187 Å². The third kappa shape index (κ3) is 8.00. The van der Waals surface area contributed by atoms with E-state index in [2.05, 4.69) is 0 Å². The van der Waals surface area contributed by atoms with Gasteiger partial charge in [0.2, 0.25) is 0 Å². The van der Waals surface area contributed by atoms with Crippen LogP contribution in [0.25, 0.3) is 0 Å². The van der Waals surface area contributed by atoms with Gasteiger partial charge in [-0.05, 0) is 88.1 Å². The second-order valence-electron chi connectivity index (χ2n) is 7.27. The van der Waals surface area contributed by atoms with Crippen molar-refractivity contribution in [3.63, 3.8) is 0 Å². The van der Waals surface area contributed by atoms with Crippen molar-refractivity contribution in [1.29, 1.82) is 0 Å². The molecule has 0 unspecified atom stereocenters. The summed E-state index contributed by atoms with van der Waals surface area (Å²) in [5, 5.41) is 0. The third-order valence-electron chi connectivity index (χ3n) is 4.68. The Morgan fingerprint density at radius 1 is 0.581 bits per heavy atom. The first-order chi connectivity index (χ1) is 15.0. The van der Waals surface area contributed by atoms with Crippen molar-refractivity contribution < 1.29 is 28.3 Å². The Morgan fingerprint density at radius 2 is 0.935 bits per heavy atom. The quantitative estimate of drug-likeness (QED) is 0.326. The van der Waals surface area contributed by atoms with E-state index in [1.165, 1.54) is 0 Å². The van der Waals surface area contributed by atoms with E-state index in [1.54, 1.807) is 0 Å². The molecule has 0 aromatic heterocycles. The number of ether oxygens (including phenoxy) is 4. The number of benzene rings is 2. The zero-order valence-corrected chi connectivity index (χ0v) is 19.7. The summed E-state index contributed by atoms with van der Waals surface area (Å²) in [6, 6.07) is 7.89. The highest BCUT2D eigenvalue weighted by Gasteiger charge is 2.12. The lowest BCUT2D eigenvalue weighted by atomic mass is 10.1. The molecule has 31 heavy (non-hydrogen) atoms. The van der Waals surface area contributed by atoms with E-state index in [-0.39, 0.29) is 7.69 Å². The normalized spacial score (nSPS) is 10.6. The van der Waals surface area contributed by atoms with Crippen LogP contribution in [-0.2, 0) is 9.47 Å². The molecule has 2 rings (SSSR count). The van der Waals surface area contributed by atoms with E-state index >= 15 is 0 Å². The van der Waals surface area contributed by atoms with E-state index < -0.39 is 0 Å². The van der Waals surface area contributed by atoms with Crippen molar-refractivity contribution in [2.45, 2.75) is 41.5 Å². The van der Waals surface area contributed by atoms with Crippen LogP contribution in [0.2, 0.25) is 0 Å². The smallest absolute Gasteiger partial charge is 0.528 e. The van der Waals surface area contributed by atoms with Crippen LogP contribution in [0, 0.1) is 27.7 Å². The first kappa shape index (κ1) is 24.9. The minimum atomic E-state index is 0.123. The molecule has 0 radical (unpaired) electrons. The van der Waals surface area contributed by atoms with Crippen molar-refractivity contribution in [2.24, 2.45) is 0 Å². The molecule has 0 saturated heterocycles. The van der Waals surface area contributed by atoms with Gasteiger partial charge >= 0.3 is 7.69 Å². The average Bonchev–Trinajstić information content (AvgIpc) is 2.72. The lowest BCUT2D eigenvalue weighted by Crippen LogP contribution is -2.14. The molecule has 0 aliphatic rings. The van der Waals surface area contributed by atoms with Crippen LogP contribution in [0.1, 0.15) is 36.1 Å². The molecular weight excluding hydrogens is 395 g/mol. The van der Waals surface area contributed by atoms with Gasteiger partial charge in [0.25, 0.3) is 0 Å². The van der Waals surface area contributed by atoms with Crippen LogP contribution in [0.5, 0.6) is 23.0 Å². The summed E-state index contributed by atoms with van der Waals surface area (Å²) >= 11 is 0. The molecule has 0 heterocycles. The molecule has 0 aliphatic heterocycles. The number of rotatable bonds is 14. The molecule has 0 bridgehead atoms. The summed E-state index contributed by atoms with van der Waals surface area (Å²) in [5.74, 6) is 3.25. The molecule has 0 aliphatic carbocycles. The Kier molecular flexibility index (Phi) is 10.5. The highest BCUT2D eigenvalue weighted by molar-refractivity contribution is 6.21. The summed E-state index contributed by atoms with van der Waals surface area (Å²) in [6.45, 7) is 15.5. The number of hydrogen-bond acceptors (Lipinski definition) is 6. The molecule has 0 fully saturated rings. The predicted molar refractivity (Wildman–Crippen MR) is 124 cm³/mol. The van der Waals surface area contributed by atoms with Crippen LogP contribution in [0.3, 0.4) is 0 Å². The van der Waals surface area contributed by atoms with Crippen LogP contribution < -0.4 is 18.8 Å². The Hall–Kier alpha value is -2.38. The van der Waals surface area contributed by atoms with Gasteiger partial charge in [-0.3, -0.25) is 0 Å². The maximum Gasteiger partial charge on any atom is 0.576 e. The minimum absolute atomic E-state index is 0.123. The molecule has 6 nitrogen and oxygen atoms in total. The SMILES string of the molecule is CCOCCOc1cc(C)c(OBOc2c(C)cc(OCCOCC)cc2C)c(C)c1. The van der Waals surface area contributed by atoms with Gasteiger partial charge < -0.3 is 28.3 Å². The number of aryl methyl sites for hydroxylation is 4. The predicted octanol–water partition coefficient (Wildman–Crippen LogP) is 4.48. The highest BCUT2D eigenvalue weighted by atomic mass is 16.6. The van der Waals surface area contributed by atoms with Gasteiger partial charge in [-0.25, -0.2) is 0 Å². The van der Waals surface area contributed by atoms with Gasteiger partial charge in [0.1, 0.15) is 36.2 Å². The third-order valence-corrected chi connectivity index (χ3v) is 4.68. The summed E-state index contributed by atoms with van der Waals surface area (Å²) in [7, 11) is 0.123. The standard InChI is InChI=1S/C24H35BO6/c1-7-26-9-11-28-21-13-17(3)23(18(4)14-21)30-25-31-24-19(5)15-22(16-20(24)6)29-12-10-27-8-2/h13-16,25H,7-12H2,1-6H3. The molecule has 2 aromatic carbocycles. The second kappa shape index (κ2) is 13.1. The molecule has 0 amide bonds. The Balaban J connectivity index is 1.92. The van der Waals surface area contributed by atoms with Gasteiger partial charge in [0, 0.05) is 13.2 Å². The first-order valence-corrected chi connectivity index (χ1v) is 10.8. The molecule has 0 atom stereocenters. The summed E-state index contributed by atoms with van der Waals surface area (Å²) < 4.78 is 34.0. The summed E-state index contributed by atoms with van der Waals surface area (Å²) in [5.41, 5.74) is 4.01. The summed E-state index contributed by atoms with van der Waals surface area (Å²) in [6.07, 6.45) is 0. The van der Waals surface area contributed by atoms with Gasteiger partial charge in [-0.1, -0.05) is 0 Å². The largest absolute Gasteiger partial charge is 0.576 e. The minimum Gasteiger partial charge on any atom is -0.528 e. The lowest BCUT2D eigenvalue weighted by molar-refractivity contribution is 0.110. The van der Waals surface area contributed by atoms with Crippen molar-refractivity contribution >= 4 is 7.69 Å². The topological polar surface area (TPSA) is 55.4 Å². The maximum absolute atomic E-state index is 5.95. The van der Waals surface area contributed by atoms with Crippen molar-refractivity contribution in [2.75, 3.05) is 39.6 Å². The van der Waals surface area contributed by atoms with Gasteiger partial charge in [0.05, 0.1) is 13.2 Å². The van der Waals surface area contributed by atoms with Crippen molar-refractivity contribution in [3.05, 3.63) is 46.5 Å². The monoisotopic (exact) mass is 430 g/mol. The maximum atomic E-state index is 5.95. The van der Waals surface area contributed by atoms with Crippen LogP contribution in [-0.4, -0.2) is 47.3 Å². The average molecular weight is 430 g/mol. The van der Waals surface area contributed by atoms with Crippen LogP contribution in [0.15, 0.2) is 24.3 Å². The molecule has 0 saturated carbocycles. The molecule has 170 valence electrons. The zero-order chi connectivity index (χ0) is 22.6. The fraction of sp³-hybridized carbons (Fsp3) is 0.500. The van der Waals surface area contributed by atoms with E-state index in [9.17, 15) is 0 Å². The van der Waals surface area contributed by atoms with Crippen molar-refractivity contribution in [1.82, 2.24) is 0 Å². The Morgan fingerprint density at radius 3 is 1.26 bits per heavy atom. The molecule has 0 N–H and O–H groups in total. The van der Waals surface area contributed by atoms with Gasteiger partial charge in [-0.2, -0.15) is 0 Å². The van der Waals surface area contributed by atoms with E-state index in [0.717, 1.165) is 45.3 Å². The lowest BCUT2D eigenvalue weighted by Gasteiger charge is -2.17. The van der Waals surface area contributed by atoms with Gasteiger partial charge in [-0.15, -0.1) is 0 Å². The van der Waals surface area contributed by atoms with E-state index in [1.807, 2.05) is 65.8 Å². The van der Waals surface area contributed by atoms with E-state index in [0.29, 0.717) is 39.6 Å². The van der Waals surface area contributed by atoms with Crippen LogP contribution in [0.4, 0.5) is 0 Å². The van der Waals surface area contributed by atoms with Gasteiger partial charge in [0.15, 0.2) is 0 Å². The Bertz CT molecular complexity index is 710. The zero-order valence-electron chi connectivity index (χ0n) is 19.7. The van der Waals surface area contributed by atoms with E-state index in [4.69, 9.17) is 28.3 Å². The second-order valence-corrected chi connectivity index (χ2v) is 7.27. The number of hydrogen-bond donors (Lipinski definition) is 0. The fourth-order valence-electron chi connectivity index (χ4n) is 3.32. The van der Waals surface area contributed by atoms with Crippen LogP contribution >= 0.6 is 0 Å². The molecular formula is C24H35BO6. The van der Waals surface area contributed by atoms with Crippen molar-refractivity contribution in [3.8, 4) is 23.0 Å². The molecule has 0 spiro atoms. The fourth-order valence-corrected chi connectivity index (χ4v) is 3.32. The first-order valence-electron chi connectivity index (χ1n) is 10.8. The summed E-state index contributed by atoms with van der Waals surface area (Å²) in [4.78, 5) is 0. The molecule has 7 heteroatoms. The molecule has 2 aromatic rings.